The standard InChI is InChI=1S/C38H24N4S/c1-3-11-27(12-4-1)41-33-17-9-7-15-29(33)31-21-19-25(23-35(31)41)37-39-40-38(43-37)26-20-22-32-30-16-8-10-18-34(30)42(36(32)24-26)28-13-5-2-6-14-28/h1-24H. The summed E-state index contributed by atoms with van der Waals surface area (Å²) in [6, 6.07) is 51.6. The summed E-state index contributed by atoms with van der Waals surface area (Å²) in [5, 5.41) is 16.1. The van der Waals surface area contributed by atoms with Crippen LogP contribution in [-0.4, -0.2) is 19.3 Å². The van der Waals surface area contributed by atoms with E-state index < -0.39 is 0 Å². The maximum absolute atomic E-state index is 4.68. The third-order valence-electron chi connectivity index (χ3n) is 8.30. The van der Waals surface area contributed by atoms with Gasteiger partial charge in [-0.25, -0.2) is 0 Å². The predicted molar refractivity (Wildman–Crippen MR) is 179 cm³/mol. The molecule has 0 aliphatic rings. The molecule has 5 heteroatoms. The van der Waals surface area contributed by atoms with Crippen LogP contribution < -0.4 is 0 Å². The van der Waals surface area contributed by atoms with Gasteiger partial charge in [0.25, 0.3) is 0 Å². The average molecular weight is 569 g/mol. The van der Waals surface area contributed by atoms with E-state index in [4.69, 9.17) is 0 Å². The molecule has 0 fully saturated rings. The zero-order valence-electron chi connectivity index (χ0n) is 23.1. The molecule has 3 heterocycles. The van der Waals surface area contributed by atoms with Gasteiger partial charge in [0, 0.05) is 44.0 Å². The molecule has 0 saturated carbocycles. The van der Waals surface area contributed by atoms with E-state index in [9.17, 15) is 0 Å². The van der Waals surface area contributed by atoms with Crippen molar-refractivity contribution in [1.82, 2.24) is 19.3 Å². The number of benzene rings is 6. The normalized spacial score (nSPS) is 11.7. The molecule has 43 heavy (non-hydrogen) atoms. The number of fused-ring (bicyclic) bond motifs is 6. The van der Waals surface area contributed by atoms with Gasteiger partial charge in [0.2, 0.25) is 0 Å². The lowest BCUT2D eigenvalue weighted by molar-refractivity contribution is 1.10. The third-order valence-corrected chi connectivity index (χ3v) is 9.32. The zero-order valence-corrected chi connectivity index (χ0v) is 23.9. The number of aromatic nitrogens is 4. The summed E-state index contributed by atoms with van der Waals surface area (Å²) in [4.78, 5) is 0. The number of hydrogen-bond acceptors (Lipinski definition) is 3. The minimum absolute atomic E-state index is 0.908. The van der Waals surface area contributed by atoms with Crippen molar-refractivity contribution in [1.29, 1.82) is 0 Å². The molecular weight excluding hydrogens is 545 g/mol. The van der Waals surface area contributed by atoms with Gasteiger partial charge >= 0.3 is 0 Å². The first-order valence-electron chi connectivity index (χ1n) is 14.3. The molecule has 0 radical (unpaired) electrons. The van der Waals surface area contributed by atoms with E-state index in [1.165, 1.54) is 32.6 Å². The van der Waals surface area contributed by atoms with E-state index in [-0.39, 0.29) is 0 Å². The van der Waals surface area contributed by atoms with Crippen molar-refractivity contribution >= 4 is 54.9 Å². The molecule has 3 aromatic heterocycles. The van der Waals surface area contributed by atoms with Gasteiger partial charge in [-0.3, -0.25) is 0 Å². The lowest BCUT2D eigenvalue weighted by atomic mass is 10.1. The van der Waals surface area contributed by atoms with E-state index in [2.05, 4.69) is 165 Å². The third kappa shape index (κ3) is 3.75. The molecular formula is C38H24N4S. The molecule has 9 rings (SSSR count). The molecule has 0 spiro atoms. The number of para-hydroxylation sites is 4. The second-order valence-corrected chi connectivity index (χ2v) is 11.7. The Morgan fingerprint density at radius 3 is 1.23 bits per heavy atom. The SMILES string of the molecule is c1ccc(-n2c3ccccc3c3ccc(-c4nnc(-c5ccc6c7ccccc7n(-c7ccccc7)c6c5)s4)cc32)cc1. The molecule has 0 aliphatic carbocycles. The van der Waals surface area contributed by atoms with Crippen LogP contribution in [0.4, 0.5) is 0 Å². The van der Waals surface area contributed by atoms with Crippen molar-refractivity contribution in [2.75, 3.05) is 0 Å². The Kier molecular flexibility index (Phi) is 5.33. The molecule has 0 N–H and O–H groups in total. The quantitative estimate of drug-likeness (QED) is 0.212. The van der Waals surface area contributed by atoms with E-state index in [0.29, 0.717) is 0 Å². The molecule has 0 amide bonds. The molecule has 9 aromatic rings. The topological polar surface area (TPSA) is 35.6 Å². The predicted octanol–water partition coefficient (Wildman–Crippen LogP) is 10.1. The highest BCUT2D eigenvalue weighted by molar-refractivity contribution is 7.17. The van der Waals surface area contributed by atoms with Crippen LogP contribution in [0.5, 0.6) is 0 Å². The molecule has 0 atom stereocenters. The molecule has 0 unspecified atom stereocenters. The molecule has 4 nitrogen and oxygen atoms in total. The molecule has 0 aliphatic heterocycles. The number of nitrogens with zero attached hydrogens (tertiary/aromatic N) is 4. The Balaban J connectivity index is 1.19. The summed E-state index contributed by atoms with van der Waals surface area (Å²) in [5.74, 6) is 0. The Morgan fingerprint density at radius 2 is 0.767 bits per heavy atom. The Hall–Kier alpha value is -5.52. The van der Waals surface area contributed by atoms with Crippen LogP contribution in [0, 0.1) is 0 Å². The summed E-state index contributed by atoms with van der Waals surface area (Å²) in [6.07, 6.45) is 0. The van der Waals surface area contributed by atoms with Crippen molar-refractivity contribution in [3.63, 3.8) is 0 Å². The molecule has 6 aromatic carbocycles. The van der Waals surface area contributed by atoms with Gasteiger partial charge in [-0.15, -0.1) is 10.2 Å². The van der Waals surface area contributed by atoms with E-state index in [0.717, 1.165) is 43.6 Å². The fourth-order valence-corrected chi connectivity index (χ4v) is 7.21. The summed E-state index contributed by atoms with van der Waals surface area (Å²) in [5.41, 5.74) is 9.14. The molecule has 202 valence electrons. The zero-order chi connectivity index (χ0) is 28.3. The Bertz CT molecular complexity index is 2280. The number of hydrogen-bond donors (Lipinski definition) is 0. The minimum atomic E-state index is 0.908. The van der Waals surface area contributed by atoms with Gasteiger partial charge in [-0.05, 0) is 48.5 Å². The van der Waals surface area contributed by atoms with Gasteiger partial charge in [0.15, 0.2) is 0 Å². The van der Waals surface area contributed by atoms with Crippen molar-refractivity contribution in [3.8, 4) is 32.5 Å². The van der Waals surface area contributed by atoms with Crippen LogP contribution in [-0.2, 0) is 0 Å². The van der Waals surface area contributed by atoms with E-state index in [1.807, 2.05) is 0 Å². The van der Waals surface area contributed by atoms with Crippen LogP contribution >= 0.6 is 11.3 Å². The largest absolute Gasteiger partial charge is 0.309 e. The highest BCUT2D eigenvalue weighted by Crippen LogP contribution is 2.39. The monoisotopic (exact) mass is 568 g/mol. The first kappa shape index (κ1) is 24.1. The summed E-state index contributed by atoms with van der Waals surface area (Å²) < 4.78 is 4.68. The first-order valence-corrected chi connectivity index (χ1v) is 15.2. The summed E-state index contributed by atoms with van der Waals surface area (Å²) in [6.45, 7) is 0. The smallest absolute Gasteiger partial charge is 0.148 e. The average Bonchev–Trinajstić information content (AvgIpc) is 3.78. The maximum atomic E-state index is 4.68. The van der Waals surface area contributed by atoms with Gasteiger partial charge in [-0.2, -0.15) is 0 Å². The summed E-state index contributed by atoms with van der Waals surface area (Å²) in [7, 11) is 0. The summed E-state index contributed by atoms with van der Waals surface area (Å²) >= 11 is 1.63. The van der Waals surface area contributed by atoms with Gasteiger partial charge < -0.3 is 9.13 Å². The molecule has 0 saturated heterocycles. The van der Waals surface area contributed by atoms with Crippen molar-refractivity contribution in [2.45, 2.75) is 0 Å². The van der Waals surface area contributed by atoms with E-state index >= 15 is 0 Å². The number of rotatable bonds is 4. The van der Waals surface area contributed by atoms with Crippen LogP contribution in [0.2, 0.25) is 0 Å². The van der Waals surface area contributed by atoms with Crippen molar-refractivity contribution in [3.05, 3.63) is 146 Å². The lowest BCUT2D eigenvalue weighted by Crippen LogP contribution is -1.93. The molecule has 0 bridgehead atoms. The van der Waals surface area contributed by atoms with E-state index in [1.54, 1.807) is 11.3 Å². The Morgan fingerprint density at radius 1 is 0.372 bits per heavy atom. The first-order chi connectivity index (χ1) is 21.3. The Labute approximate surface area is 251 Å². The van der Waals surface area contributed by atoms with Gasteiger partial charge in [0.05, 0.1) is 22.1 Å². The van der Waals surface area contributed by atoms with Crippen molar-refractivity contribution < 1.29 is 0 Å². The lowest BCUT2D eigenvalue weighted by Gasteiger charge is -2.08. The van der Waals surface area contributed by atoms with Gasteiger partial charge in [-0.1, -0.05) is 108 Å². The fourth-order valence-electron chi connectivity index (χ4n) is 6.37. The highest BCUT2D eigenvalue weighted by atomic mass is 32.1. The van der Waals surface area contributed by atoms with Crippen LogP contribution in [0.1, 0.15) is 0 Å². The van der Waals surface area contributed by atoms with Crippen LogP contribution in [0.15, 0.2) is 146 Å². The second-order valence-electron chi connectivity index (χ2n) is 10.8. The minimum Gasteiger partial charge on any atom is -0.309 e. The highest BCUT2D eigenvalue weighted by Gasteiger charge is 2.17. The maximum Gasteiger partial charge on any atom is 0.148 e. The second kappa shape index (κ2) is 9.51. The van der Waals surface area contributed by atoms with Crippen LogP contribution in [0.3, 0.4) is 0 Å². The van der Waals surface area contributed by atoms with Crippen molar-refractivity contribution in [2.24, 2.45) is 0 Å². The van der Waals surface area contributed by atoms with Crippen LogP contribution in [0.25, 0.3) is 76.1 Å². The van der Waals surface area contributed by atoms with Gasteiger partial charge in [0.1, 0.15) is 10.0 Å². The fraction of sp³-hybridized carbons (Fsp3) is 0.